The van der Waals surface area contributed by atoms with Crippen molar-refractivity contribution in [2.45, 2.75) is 19.9 Å². The van der Waals surface area contributed by atoms with Crippen LogP contribution < -0.4 is 5.32 Å². The summed E-state index contributed by atoms with van der Waals surface area (Å²) in [5.74, 6) is -1.87. The Morgan fingerprint density at radius 3 is 2.43 bits per heavy atom. The quantitative estimate of drug-likeness (QED) is 0.838. The monoisotopic (exact) mass is 334 g/mol. The zero-order valence-corrected chi connectivity index (χ0v) is 13.2. The van der Waals surface area contributed by atoms with Crippen molar-refractivity contribution in [2.75, 3.05) is 5.32 Å². The van der Waals surface area contributed by atoms with E-state index < -0.39 is 17.7 Å². The summed E-state index contributed by atoms with van der Waals surface area (Å²) in [6, 6.07) is 6.15. The van der Waals surface area contributed by atoms with E-state index in [0.717, 1.165) is 17.7 Å². The fourth-order valence-corrected chi connectivity index (χ4v) is 2.74. The maximum absolute atomic E-state index is 14.2. The molecule has 1 amide bonds. The Morgan fingerprint density at radius 1 is 1.13 bits per heavy atom. The van der Waals surface area contributed by atoms with Gasteiger partial charge in [0.25, 0.3) is 0 Å². The molecule has 0 fully saturated rings. The molecule has 1 heterocycles. The molecule has 118 valence electrons. The first-order valence-electron chi connectivity index (χ1n) is 7.02. The Hall–Kier alpha value is -2.27. The fraction of sp³-hybridized carbons (Fsp3) is 0.176. The Balaban J connectivity index is 2.38. The molecule has 0 saturated carbocycles. The smallest absolute Gasteiger partial charge is 0.248 e. The van der Waals surface area contributed by atoms with Gasteiger partial charge in [-0.15, -0.1) is 0 Å². The predicted molar refractivity (Wildman–Crippen MR) is 86.3 cm³/mol. The van der Waals surface area contributed by atoms with E-state index in [1.54, 1.807) is 26.0 Å². The first-order chi connectivity index (χ1) is 10.9. The van der Waals surface area contributed by atoms with Crippen LogP contribution in [0.2, 0.25) is 5.02 Å². The zero-order valence-electron chi connectivity index (χ0n) is 12.5. The molecule has 3 rings (SSSR count). The molecule has 0 spiro atoms. The van der Waals surface area contributed by atoms with Crippen LogP contribution in [-0.2, 0) is 4.79 Å². The molecule has 0 radical (unpaired) electrons. The lowest BCUT2D eigenvalue weighted by molar-refractivity contribution is -0.116. The lowest BCUT2D eigenvalue weighted by Gasteiger charge is -2.14. The van der Waals surface area contributed by atoms with Crippen LogP contribution in [0.5, 0.6) is 0 Å². The number of carbonyl (C=O) groups excluding carboxylic acids is 1. The average molecular weight is 335 g/mol. The Kier molecular flexibility index (Phi) is 3.90. The normalized spacial score (nSPS) is 17.2. The molecule has 3 nitrogen and oxygen atoms in total. The van der Waals surface area contributed by atoms with Crippen molar-refractivity contribution in [1.29, 1.82) is 0 Å². The summed E-state index contributed by atoms with van der Waals surface area (Å²) in [7, 11) is 0. The van der Waals surface area contributed by atoms with E-state index in [0.29, 0.717) is 16.3 Å². The molecule has 0 aliphatic carbocycles. The number of nitrogens with zero attached hydrogens (tertiary/aromatic N) is 1. The fourth-order valence-electron chi connectivity index (χ4n) is 2.48. The number of hydrogen-bond donors (Lipinski definition) is 1. The number of halogens is 3. The molecule has 2 aromatic rings. The largest absolute Gasteiger partial charge is 0.324 e. The van der Waals surface area contributed by atoms with Crippen molar-refractivity contribution in [3.63, 3.8) is 0 Å². The first kappa shape index (κ1) is 15.6. The summed E-state index contributed by atoms with van der Waals surface area (Å²) in [5.41, 5.74) is 1.18. The maximum Gasteiger partial charge on any atom is 0.248 e. The highest BCUT2D eigenvalue weighted by Gasteiger charge is 2.28. The molecule has 1 aliphatic rings. The van der Waals surface area contributed by atoms with E-state index in [1.165, 1.54) is 6.07 Å². The third-order valence-corrected chi connectivity index (χ3v) is 4.22. The Bertz CT molecular complexity index is 828. The molecule has 23 heavy (non-hydrogen) atoms. The minimum Gasteiger partial charge on any atom is -0.324 e. The van der Waals surface area contributed by atoms with E-state index in [9.17, 15) is 13.6 Å². The number of rotatable bonds is 1. The highest BCUT2D eigenvalue weighted by atomic mass is 35.5. The van der Waals surface area contributed by atoms with Crippen molar-refractivity contribution >= 4 is 28.9 Å². The van der Waals surface area contributed by atoms with Gasteiger partial charge in [-0.1, -0.05) is 23.7 Å². The molecule has 1 N–H and O–H groups in total. The van der Waals surface area contributed by atoms with Crippen molar-refractivity contribution in [1.82, 2.24) is 0 Å². The van der Waals surface area contributed by atoms with Gasteiger partial charge >= 0.3 is 0 Å². The van der Waals surface area contributed by atoms with Crippen LogP contribution in [0.25, 0.3) is 0 Å². The van der Waals surface area contributed by atoms with Crippen molar-refractivity contribution in [2.24, 2.45) is 4.99 Å². The highest BCUT2D eigenvalue weighted by molar-refractivity contribution is 6.38. The minimum atomic E-state index is -0.798. The van der Waals surface area contributed by atoms with Gasteiger partial charge in [-0.3, -0.25) is 9.79 Å². The SMILES string of the molecule is Cc1ccc2c(c1Cl)C(c1c(F)cccc1F)=N[C@@H](C)C(=O)N2. The number of anilines is 1. The highest BCUT2D eigenvalue weighted by Crippen LogP contribution is 2.34. The number of amides is 1. The van der Waals surface area contributed by atoms with E-state index in [1.807, 2.05) is 0 Å². The Morgan fingerprint density at radius 2 is 1.78 bits per heavy atom. The van der Waals surface area contributed by atoms with Crippen molar-refractivity contribution in [3.8, 4) is 0 Å². The van der Waals surface area contributed by atoms with Gasteiger partial charge in [0, 0.05) is 5.56 Å². The number of nitrogens with one attached hydrogen (secondary N) is 1. The summed E-state index contributed by atoms with van der Waals surface area (Å²) in [4.78, 5) is 16.3. The van der Waals surface area contributed by atoms with Crippen molar-refractivity contribution in [3.05, 3.63) is 63.7 Å². The van der Waals surface area contributed by atoms with Crippen LogP contribution in [0.4, 0.5) is 14.5 Å². The number of hydrogen-bond acceptors (Lipinski definition) is 2. The number of aryl methyl sites for hydroxylation is 1. The van der Waals surface area contributed by atoms with E-state index >= 15 is 0 Å². The molecular formula is C17H13ClF2N2O. The number of aliphatic imine (C=N–C) groups is 1. The standard InChI is InChI=1S/C17H13ClF2N2O/c1-8-6-7-12-14(15(8)18)16(21-9(2)17(23)22-12)13-10(19)4-3-5-11(13)20/h3-7,9H,1-2H3,(H,22,23)/t9-/m0/s1. The molecule has 1 aliphatic heterocycles. The summed E-state index contributed by atoms with van der Waals surface area (Å²) < 4.78 is 28.5. The van der Waals surface area contributed by atoms with Gasteiger partial charge in [0.15, 0.2) is 0 Å². The summed E-state index contributed by atoms with van der Waals surface area (Å²) in [5, 5.41) is 3.00. The van der Waals surface area contributed by atoms with Crippen molar-refractivity contribution < 1.29 is 13.6 Å². The predicted octanol–water partition coefficient (Wildman–Crippen LogP) is 4.10. The van der Waals surface area contributed by atoms with Gasteiger partial charge < -0.3 is 5.32 Å². The molecular weight excluding hydrogens is 322 g/mol. The first-order valence-corrected chi connectivity index (χ1v) is 7.40. The average Bonchev–Trinajstić information content (AvgIpc) is 2.61. The molecule has 0 unspecified atom stereocenters. The summed E-state index contributed by atoms with van der Waals surface area (Å²) >= 11 is 6.35. The van der Waals surface area contributed by atoms with Gasteiger partial charge in [0.05, 0.1) is 22.0 Å². The van der Waals surface area contributed by atoms with Crippen LogP contribution in [0.15, 0.2) is 35.3 Å². The molecule has 0 bridgehead atoms. The van der Waals surface area contributed by atoms with Gasteiger partial charge in [0.2, 0.25) is 5.91 Å². The maximum atomic E-state index is 14.2. The third-order valence-electron chi connectivity index (χ3n) is 3.73. The summed E-state index contributed by atoms with van der Waals surface area (Å²) in [6.45, 7) is 3.33. The number of fused-ring (bicyclic) bond motifs is 1. The topological polar surface area (TPSA) is 41.5 Å². The van der Waals surface area contributed by atoms with Crippen LogP contribution in [0.1, 0.15) is 23.6 Å². The second-order valence-corrected chi connectivity index (χ2v) is 5.74. The number of carbonyl (C=O) groups is 1. The minimum absolute atomic E-state index is 0.0372. The van der Waals surface area contributed by atoms with E-state index in [2.05, 4.69) is 10.3 Å². The van der Waals surface area contributed by atoms with Gasteiger partial charge in [-0.05, 0) is 37.6 Å². The molecule has 2 aromatic carbocycles. The lowest BCUT2D eigenvalue weighted by atomic mass is 9.97. The second-order valence-electron chi connectivity index (χ2n) is 5.36. The number of benzene rings is 2. The second kappa shape index (κ2) is 5.74. The van der Waals surface area contributed by atoms with Gasteiger partial charge in [-0.25, -0.2) is 8.78 Å². The zero-order chi connectivity index (χ0) is 16.7. The summed E-state index contributed by atoms with van der Waals surface area (Å²) in [6.07, 6.45) is 0. The van der Waals surface area contributed by atoms with Crippen LogP contribution >= 0.6 is 11.6 Å². The van der Waals surface area contributed by atoms with E-state index in [4.69, 9.17) is 11.6 Å². The number of benzodiazepines with no additional fused rings is 1. The Labute approximate surface area is 137 Å². The molecule has 6 heteroatoms. The van der Waals surface area contributed by atoms with Crippen LogP contribution in [-0.4, -0.2) is 17.7 Å². The molecule has 1 atom stereocenters. The van der Waals surface area contributed by atoms with Gasteiger partial charge in [-0.2, -0.15) is 0 Å². The van der Waals surface area contributed by atoms with Crippen LogP contribution in [0.3, 0.4) is 0 Å². The molecule has 0 aromatic heterocycles. The molecule has 0 saturated heterocycles. The van der Waals surface area contributed by atoms with E-state index in [-0.39, 0.29) is 17.2 Å². The lowest BCUT2D eigenvalue weighted by Crippen LogP contribution is -2.22. The van der Waals surface area contributed by atoms with Gasteiger partial charge in [0.1, 0.15) is 17.7 Å². The third kappa shape index (κ3) is 2.61. The van der Waals surface area contributed by atoms with Crippen LogP contribution in [0, 0.1) is 18.6 Å².